The maximum Gasteiger partial charge on any atom is 0.312 e. The summed E-state index contributed by atoms with van der Waals surface area (Å²) >= 11 is 0. The van der Waals surface area contributed by atoms with Crippen LogP contribution < -0.4 is 0 Å². The van der Waals surface area contributed by atoms with E-state index in [1.54, 1.807) is 0 Å². The van der Waals surface area contributed by atoms with Gasteiger partial charge in [0.1, 0.15) is 11.7 Å². The number of carbonyl (C=O) groups is 2. The molecule has 0 bridgehead atoms. The first-order chi connectivity index (χ1) is 11.1. The van der Waals surface area contributed by atoms with Gasteiger partial charge in [-0.3, -0.25) is 9.59 Å². The highest BCUT2D eigenvalue weighted by Crippen LogP contribution is 2.38. The lowest BCUT2D eigenvalue weighted by Gasteiger charge is -2.37. The molecule has 0 aliphatic carbocycles. The third kappa shape index (κ3) is 7.79. The molecule has 0 amide bonds. The first kappa shape index (κ1) is 23.9. The number of hydrogen-bond donors (Lipinski definition) is 0. The molecule has 0 aromatic rings. The molecule has 0 saturated heterocycles. The van der Waals surface area contributed by atoms with Gasteiger partial charge >= 0.3 is 11.9 Å². The van der Waals surface area contributed by atoms with E-state index in [2.05, 4.69) is 27.7 Å². The third-order valence-electron chi connectivity index (χ3n) is 4.62. The second kappa shape index (κ2) is 9.05. The summed E-state index contributed by atoms with van der Waals surface area (Å²) in [5.74, 6) is 0.0196. The van der Waals surface area contributed by atoms with Gasteiger partial charge in [0.15, 0.2) is 0 Å². The van der Waals surface area contributed by atoms with Crippen LogP contribution >= 0.6 is 0 Å². The minimum absolute atomic E-state index is 0.124. The van der Waals surface area contributed by atoms with Gasteiger partial charge in [-0.05, 0) is 58.3 Å². The normalized spacial score (nSPS) is 14.4. The van der Waals surface area contributed by atoms with Crippen molar-refractivity contribution in [2.75, 3.05) is 0 Å². The van der Waals surface area contributed by atoms with E-state index < -0.39 is 11.0 Å². The van der Waals surface area contributed by atoms with Gasteiger partial charge < -0.3 is 9.47 Å². The van der Waals surface area contributed by atoms with Crippen molar-refractivity contribution in [1.29, 1.82) is 0 Å². The molecule has 0 aliphatic heterocycles. The van der Waals surface area contributed by atoms with Crippen LogP contribution in [-0.4, -0.2) is 23.6 Å². The van der Waals surface area contributed by atoms with Gasteiger partial charge in [-0.15, -0.1) is 0 Å². The number of carbonyl (C=O) groups excluding carboxylic acids is 2. The maximum atomic E-state index is 12.9. The number of rotatable bonds is 8. The first-order valence-corrected chi connectivity index (χ1v) is 9.52. The van der Waals surface area contributed by atoms with Gasteiger partial charge in [-0.1, -0.05) is 41.5 Å². The maximum absolute atomic E-state index is 12.9. The van der Waals surface area contributed by atoms with Gasteiger partial charge in [0, 0.05) is 6.42 Å². The summed E-state index contributed by atoms with van der Waals surface area (Å²) in [6.45, 7) is 21.6. The van der Waals surface area contributed by atoms with Crippen molar-refractivity contribution in [2.45, 2.75) is 94.3 Å². The summed E-state index contributed by atoms with van der Waals surface area (Å²) in [6.07, 6.45) is 0.0894. The van der Waals surface area contributed by atoms with Gasteiger partial charge in [0.05, 0.1) is 5.41 Å². The van der Waals surface area contributed by atoms with Crippen LogP contribution in [0.25, 0.3) is 0 Å². The van der Waals surface area contributed by atoms with Crippen molar-refractivity contribution in [2.24, 2.45) is 29.1 Å². The van der Waals surface area contributed by atoms with Crippen LogP contribution in [-0.2, 0) is 19.1 Å². The third-order valence-corrected chi connectivity index (χ3v) is 4.62. The second-order valence-electron chi connectivity index (χ2n) is 9.72. The zero-order valence-corrected chi connectivity index (χ0v) is 18.2. The van der Waals surface area contributed by atoms with Crippen LogP contribution in [0.1, 0.15) is 82.6 Å². The summed E-state index contributed by atoms with van der Waals surface area (Å²) in [5.41, 5.74) is -1.28. The number of hydrogen-bond acceptors (Lipinski definition) is 4. The number of ether oxygens (including phenoxy) is 2. The molecule has 148 valence electrons. The molecular weight excluding hydrogens is 316 g/mol. The van der Waals surface area contributed by atoms with Crippen molar-refractivity contribution in [1.82, 2.24) is 0 Å². The minimum Gasteiger partial charge on any atom is -0.461 e. The Morgan fingerprint density at radius 2 is 1.24 bits per heavy atom. The molecule has 0 spiro atoms. The highest BCUT2D eigenvalue weighted by molar-refractivity contribution is 5.78. The van der Waals surface area contributed by atoms with Gasteiger partial charge in [-0.2, -0.15) is 0 Å². The molecule has 0 aliphatic rings. The molecule has 0 saturated carbocycles. The Bertz CT molecular complexity index is 433. The van der Waals surface area contributed by atoms with Crippen LogP contribution in [0.4, 0.5) is 0 Å². The molecule has 0 rings (SSSR count). The summed E-state index contributed by atoms with van der Waals surface area (Å²) in [4.78, 5) is 25.2. The lowest BCUT2D eigenvalue weighted by atomic mass is 9.71. The molecule has 25 heavy (non-hydrogen) atoms. The van der Waals surface area contributed by atoms with E-state index in [1.165, 1.54) is 0 Å². The lowest BCUT2D eigenvalue weighted by Crippen LogP contribution is -2.42. The lowest BCUT2D eigenvalue weighted by molar-refractivity contribution is -0.171. The fourth-order valence-electron chi connectivity index (χ4n) is 3.36. The Kier molecular flexibility index (Phi) is 8.66. The van der Waals surface area contributed by atoms with Crippen LogP contribution in [0.2, 0.25) is 0 Å². The molecule has 4 nitrogen and oxygen atoms in total. The van der Waals surface area contributed by atoms with Gasteiger partial charge in [-0.25, -0.2) is 0 Å². The van der Waals surface area contributed by atoms with Crippen LogP contribution in [0.5, 0.6) is 0 Å². The molecule has 0 heterocycles. The molecule has 1 atom stereocenters. The summed E-state index contributed by atoms with van der Waals surface area (Å²) in [5, 5.41) is 0. The Hall–Kier alpha value is -1.06. The zero-order chi connectivity index (χ0) is 20.2. The summed E-state index contributed by atoms with van der Waals surface area (Å²) in [7, 11) is 0. The van der Waals surface area contributed by atoms with Crippen molar-refractivity contribution < 1.29 is 19.1 Å². The molecule has 0 aromatic carbocycles. The highest BCUT2D eigenvalue weighted by Gasteiger charge is 2.43. The van der Waals surface area contributed by atoms with E-state index in [9.17, 15) is 9.59 Å². The summed E-state index contributed by atoms with van der Waals surface area (Å²) in [6, 6.07) is 0. The van der Waals surface area contributed by atoms with E-state index in [0.29, 0.717) is 0 Å². The van der Waals surface area contributed by atoms with Gasteiger partial charge in [0.25, 0.3) is 0 Å². The molecular formula is C21H40O4. The van der Waals surface area contributed by atoms with Crippen molar-refractivity contribution in [3.8, 4) is 0 Å². The standard InChI is InChI=1S/C21H40O4/c1-13(2)16(12-17(22)25-20(7,8)9)21(10,11)19(23)24-18(14(3)4)15(5)6/h13-16,18H,12H2,1-11H3/t16-/m1/s1. The van der Waals surface area contributed by atoms with E-state index in [4.69, 9.17) is 9.47 Å². The van der Waals surface area contributed by atoms with E-state index >= 15 is 0 Å². The predicted molar refractivity (Wildman–Crippen MR) is 102 cm³/mol. The Labute approximate surface area is 155 Å². The zero-order valence-electron chi connectivity index (χ0n) is 18.2. The fraction of sp³-hybridized carbons (Fsp3) is 0.905. The Balaban J connectivity index is 5.29. The molecule has 0 radical (unpaired) electrons. The first-order valence-electron chi connectivity index (χ1n) is 9.52. The van der Waals surface area contributed by atoms with Crippen molar-refractivity contribution in [3.05, 3.63) is 0 Å². The Morgan fingerprint density at radius 1 is 0.800 bits per heavy atom. The highest BCUT2D eigenvalue weighted by atomic mass is 16.6. The quantitative estimate of drug-likeness (QED) is 0.558. The topological polar surface area (TPSA) is 52.6 Å². The minimum atomic E-state index is -0.757. The largest absolute Gasteiger partial charge is 0.461 e. The molecule has 0 fully saturated rings. The van der Waals surface area contributed by atoms with E-state index in [-0.39, 0.29) is 48.1 Å². The van der Waals surface area contributed by atoms with E-state index in [1.807, 2.05) is 48.5 Å². The van der Waals surface area contributed by atoms with Crippen molar-refractivity contribution >= 4 is 11.9 Å². The van der Waals surface area contributed by atoms with E-state index in [0.717, 1.165) is 0 Å². The molecule has 0 N–H and O–H groups in total. The SMILES string of the molecule is CC(C)C(OC(=O)C(C)(C)[C@H](CC(=O)OC(C)(C)C)C(C)C)C(C)C. The smallest absolute Gasteiger partial charge is 0.312 e. The van der Waals surface area contributed by atoms with Gasteiger partial charge in [0.2, 0.25) is 0 Å². The average Bonchev–Trinajstić information content (AvgIpc) is 2.38. The van der Waals surface area contributed by atoms with Crippen LogP contribution in [0, 0.1) is 29.1 Å². The fourth-order valence-corrected chi connectivity index (χ4v) is 3.36. The molecule has 4 heteroatoms. The predicted octanol–water partition coefficient (Wildman–Crippen LogP) is 5.24. The molecule has 0 unspecified atom stereocenters. The van der Waals surface area contributed by atoms with Crippen LogP contribution in [0.3, 0.4) is 0 Å². The van der Waals surface area contributed by atoms with Crippen LogP contribution in [0.15, 0.2) is 0 Å². The summed E-state index contributed by atoms with van der Waals surface area (Å²) < 4.78 is 11.3. The molecule has 0 aromatic heterocycles. The Morgan fingerprint density at radius 3 is 1.56 bits per heavy atom. The monoisotopic (exact) mass is 356 g/mol. The average molecular weight is 357 g/mol. The number of esters is 2. The second-order valence-corrected chi connectivity index (χ2v) is 9.72. The van der Waals surface area contributed by atoms with Crippen molar-refractivity contribution in [3.63, 3.8) is 0 Å².